The molecule has 4 rings (SSSR count). The predicted molar refractivity (Wildman–Crippen MR) is 118 cm³/mol. The van der Waals surface area contributed by atoms with Crippen molar-refractivity contribution in [2.75, 3.05) is 24.2 Å². The van der Waals surface area contributed by atoms with Crippen LogP contribution in [0.1, 0.15) is 0 Å². The van der Waals surface area contributed by atoms with Gasteiger partial charge in [-0.05, 0) is 24.3 Å². The van der Waals surface area contributed by atoms with E-state index < -0.39 is 4.92 Å². The summed E-state index contributed by atoms with van der Waals surface area (Å²) >= 11 is 12.3. The molecule has 12 heteroatoms. The Morgan fingerprint density at radius 3 is 2.77 bits per heavy atom. The molecule has 3 aromatic heterocycles. The molecule has 0 saturated carbocycles. The van der Waals surface area contributed by atoms with E-state index in [-0.39, 0.29) is 18.1 Å². The summed E-state index contributed by atoms with van der Waals surface area (Å²) in [5.74, 6) is 0.236. The highest BCUT2D eigenvalue weighted by molar-refractivity contribution is 6.36. The van der Waals surface area contributed by atoms with Gasteiger partial charge in [-0.3, -0.25) is 14.5 Å². The number of rotatable bonds is 7. The molecule has 158 valence electrons. The lowest BCUT2D eigenvalue weighted by atomic mass is 10.1. The van der Waals surface area contributed by atoms with Gasteiger partial charge in [0.2, 0.25) is 5.82 Å². The summed E-state index contributed by atoms with van der Waals surface area (Å²) in [4.78, 5) is 23.1. The number of aromatic nitrogens is 4. The first kappa shape index (κ1) is 20.6. The van der Waals surface area contributed by atoms with Gasteiger partial charge in [-0.2, -0.15) is 4.98 Å². The van der Waals surface area contributed by atoms with E-state index in [0.717, 1.165) is 0 Å². The molecular weight excluding hydrogens is 445 g/mol. The number of hydrogen-bond acceptors (Lipinski definition) is 8. The first-order valence-corrected chi connectivity index (χ1v) is 9.75. The Morgan fingerprint density at radius 2 is 2.03 bits per heavy atom. The number of nitrogens with two attached hydrogens (primary N) is 1. The number of imidazole rings is 1. The monoisotopic (exact) mass is 459 g/mol. The minimum Gasteiger partial charge on any atom is -0.463 e. The van der Waals surface area contributed by atoms with Crippen molar-refractivity contribution in [3.05, 3.63) is 69.0 Å². The molecule has 0 atom stereocenters. The third-order valence-electron chi connectivity index (χ3n) is 4.30. The number of pyridine rings is 1. The first-order valence-electron chi connectivity index (χ1n) is 8.99. The fourth-order valence-electron chi connectivity index (χ4n) is 2.87. The van der Waals surface area contributed by atoms with E-state index >= 15 is 0 Å². The lowest BCUT2D eigenvalue weighted by molar-refractivity contribution is -0.384. The number of halogens is 2. The molecule has 3 N–H and O–H groups in total. The largest absolute Gasteiger partial charge is 0.463 e. The summed E-state index contributed by atoms with van der Waals surface area (Å²) in [5.41, 5.74) is 7.29. The average Bonchev–Trinajstić information content (AvgIpc) is 3.19. The van der Waals surface area contributed by atoms with Gasteiger partial charge < -0.3 is 15.8 Å². The molecule has 31 heavy (non-hydrogen) atoms. The Morgan fingerprint density at radius 1 is 1.19 bits per heavy atom. The zero-order valence-corrected chi connectivity index (χ0v) is 17.3. The molecular formula is C19H15Cl2N7O3. The van der Waals surface area contributed by atoms with Crippen LogP contribution in [-0.4, -0.2) is 37.4 Å². The Bertz CT molecular complexity index is 1280. The maximum Gasteiger partial charge on any atom is 0.311 e. The second-order valence-electron chi connectivity index (χ2n) is 6.34. The molecule has 0 amide bonds. The lowest BCUT2D eigenvalue weighted by Gasteiger charge is -2.11. The van der Waals surface area contributed by atoms with Gasteiger partial charge in [0.1, 0.15) is 18.1 Å². The van der Waals surface area contributed by atoms with Gasteiger partial charge in [0.05, 0.1) is 22.2 Å². The van der Waals surface area contributed by atoms with Crippen LogP contribution in [0.4, 0.5) is 17.3 Å². The van der Waals surface area contributed by atoms with Crippen LogP contribution < -0.4 is 15.8 Å². The van der Waals surface area contributed by atoms with Crippen LogP contribution in [0.2, 0.25) is 10.0 Å². The third kappa shape index (κ3) is 4.44. The van der Waals surface area contributed by atoms with Crippen molar-refractivity contribution in [1.82, 2.24) is 19.4 Å². The summed E-state index contributed by atoms with van der Waals surface area (Å²) in [6.07, 6.45) is 3.37. The molecule has 4 aromatic rings. The Balaban J connectivity index is 1.49. The standard InChI is InChI=1S/C19H15Cl2N7O3/c20-11-1-2-12(13(21)9-11)14-10-17-24-5-7-27(17)19(25-14)31-8-6-23-16-4-3-15(28(29)30)18(22)26-16/h1-5,7,9-10H,6,8H2,(H3,22,23,26). The highest BCUT2D eigenvalue weighted by Gasteiger charge is 2.14. The Labute approximate surface area is 185 Å². The number of nitrogens with zero attached hydrogens (tertiary/aromatic N) is 5. The second-order valence-corrected chi connectivity index (χ2v) is 7.18. The van der Waals surface area contributed by atoms with Crippen LogP contribution in [0.3, 0.4) is 0 Å². The number of anilines is 2. The Hall–Kier alpha value is -3.63. The number of nitrogen functional groups attached to an aromatic ring is 1. The van der Waals surface area contributed by atoms with Crippen LogP contribution in [0.5, 0.6) is 6.01 Å². The van der Waals surface area contributed by atoms with Crippen LogP contribution in [-0.2, 0) is 0 Å². The molecule has 0 bridgehead atoms. The molecule has 0 aliphatic carbocycles. The molecule has 0 saturated heterocycles. The zero-order chi connectivity index (χ0) is 22.0. The maximum absolute atomic E-state index is 10.8. The molecule has 0 spiro atoms. The van der Waals surface area contributed by atoms with E-state index in [1.807, 2.05) is 0 Å². The van der Waals surface area contributed by atoms with Gasteiger partial charge in [0, 0.05) is 35.1 Å². The van der Waals surface area contributed by atoms with Crippen molar-refractivity contribution >= 4 is 46.2 Å². The number of nitrogens with one attached hydrogen (secondary N) is 1. The van der Waals surface area contributed by atoms with E-state index in [9.17, 15) is 10.1 Å². The van der Waals surface area contributed by atoms with Crippen molar-refractivity contribution < 1.29 is 9.66 Å². The van der Waals surface area contributed by atoms with Gasteiger partial charge in [-0.1, -0.05) is 23.2 Å². The summed E-state index contributed by atoms with van der Waals surface area (Å²) < 4.78 is 7.53. The predicted octanol–water partition coefficient (Wildman–Crippen LogP) is 4.08. The summed E-state index contributed by atoms with van der Waals surface area (Å²) in [6, 6.07) is 10.0. The SMILES string of the molecule is Nc1nc(NCCOc2nc(-c3ccc(Cl)cc3Cl)cc3nccn23)ccc1[N+](=O)[O-]. The molecule has 3 heterocycles. The average molecular weight is 460 g/mol. The fraction of sp³-hybridized carbons (Fsp3) is 0.105. The normalized spacial score (nSPS) is 10.9. The Kier molecular flexibility index (Phi) is 5.74. The van der Waals surface area contributed by atoms with E-state index in [0.29, 0.717) is 45.3 Å². The van der Waals surface area contributed by atoms with Crippen LogP contribution in [0.25, 0.3) is 16.9 Å². The summed E-state index contributed by atoms with van der Waals surface area (Å²) in [7, 11) is 0. The quantitative estimate of drug-likeness (QED) is 0.239. The molecule has 10 nitrogen and oxygen atoms in total. The molecule has 0 radical (unpaired) electrons. The van der Waals surface area contributed by atoms with Crippen molar-refractivity contribution in [3.8, 4) is 17.3 Å². The third-order valence-corrected chi connectivity index (χ3v) is 4.85. The number of benzene rings is 1. The smallest absolute Gasteiger partial charge is 0.311 e. The van der Waals surface area contributed by atoms with Crippen molar-refractivity contribution in [3.63, 3.8) is 0 Å². The first-order chi connectivity index (χ1) is 14.9. The summed E-state index contributed by atoms with van der Waals surface area (Å²) in [5, 5.41) is 14.8. The second kappa shape index (κ2) is 8.62. The van der Waals surface area contributed by atoms with Crippen molar-refractivity contribution in [2.24, 2.45) is 0 Å². The van der Waals surface area contributed by atoms with Gasteiger partial charge >= 0.3 is 11.7 Å². The van der Waals surface area contributed by atoms with Gasteiger partial charge in [0.25, 0.3) is 0 Å². The fourth-order valence-corrected chi connectivity index (χ4v) is 3.38. The van der Waals surface area contributed by atoms with Gasteiger partial charge in [0.15, 0.2) is 0 Å². The van der Waals surface area contributed by atoms with Crippen LogP contribution in [0.15, 0.2) is 48.8 Å². The maximum atomic E-state index is 10.8. The van der Waals surface area contributed by atoms with Crippen LogP contribution in [0, 0.1) is 10.1 Å². The molecule has 1 aromatic carbocycles. The lowest BCUT2D eigenvalue weighted by Crippen LogP contribution is -2.15. The number of ether oxygens (including phenoxy) is 1. The van der Waals surface area contributed by atoms with E-state index in [4.69, 9.17) is 33.7 Å². The van der Waals surface area contributed by atoms with E-state index in [2.05, 4.69) is 20.3 Å². The molecule has 0 fully saturated rings. The molecule has 0 unspecified atom stereocenters. The number of hydrogen-bond donors (Lipinski definition) is 2. The highest BCUT2D eigenvalue weighted by atomic mass is 35.5. The minimum atomic E-state index is -0.586. The van der Waals surface area contributed by atoms with Crippen molar-refractivity contribution in [1.29, 1.82) is 0 Å². The number of nitro groups is 1. The summed E-state index contributed by atoms with van der Waals surface area (Å²) in [6.45, 7) is 0.588. The van der Waals surface area contributed by atoms with E-state index in [1.165, 1.54) is 12.1 Å². The van der Waals surface area contributed by atoms with Gasteiger partial charge in [-0.15, -0.1) is 0 Å². The van der Waals surface area contributed by atoms with E-state index in [1.54, 1.807) is 41.1 Å². The molecule has 0 aliphatic heterocycles. The van der Waals surface area contributed by atoms with Crippen LogP contribution >= 0.6 is 23.2 Å². The van der Waals surface area contributed by atoms with Gasteiger partial charge in [-0.25, -0.2) is 9.97 Å². The topological polar surface area (TPSA) is 134 Å². The van der Waals surface area contributed by atoms with Crippen molar-refractivity contribution in [2.45, 2.75) is 0 Å². The minimum absolute atomic E-state index is 0.162. The molecule has 0 aliphatic rings. The highest BCUT2D eigenvalue weighted by Crippen LogP contribution is 2.31. The number of fused-ring (bicyclic) bond motifs is 1. The zero-order valence-electron chi connectivity index (χ0n) is 15.8.